The predicted octanol–water partition coefficient (Wildman–Crippen LogP) is 2.80. The fraction of sp³-hybridized carbons (Fsp3) is 0.417. The van der Waals surface area contributed by atoms with Crippen molar-refractivity contribution in [2.75, 3.05) is 5.75 Å². The van der Waals surface area contributed by atoms with Crippen molar-refractivity contribution >= 4 is 29.1 Å². The minimum absolute atomic E-state index is 0.0145. The number of rotatable bonds is 4. The fourth-order valence-corrected chi connectivity index (χ4v) is 2.80. The molecule has 0 amide bonds. The fourth-order valence-electron chi connectivity index (χ4n) is 1.43. The molecule has 1 N–H and O–H groups in total. The van der Waals surface area contributed by atoms with E-state index < -0.39 is 5.97 Å². The van der Waals surface area contributed by atoms with Gasteiger partial charge in [0.25, 0.3) is 0 Å². The summed E-state index contributed by atoms with van der Waals surface area (Å²) in [4.78, 5) is 14.9. The number of aromatic nitrogens is 3. The van der Waals surface area contributed by atoms with Gasteiger partial charge in [-0.3, -0.25) is 4.79 Å². The molecule has 0 saturated heterocycles. The standard InChI is InChI=1S/C12H15N3O2S2/c1-12(2,3)8-6-9(19-7-10(16)17)15(14-8)11-13-4-5-18-11/h4-6H,7H2,1-3H3,(H,16,17). The van der Waals surface area contributed by atoms with Gasteiger partial charge in [-0.25, -0.2) is 4.98 Å². The van der Waals surface area contributed by atoms with Crippen molar-refractivity contribution in [2.45, 2.75) is 31.2 Å². The summed E-state index contributed by atoms with van der Waals surface area (Å²) in [5, 5.41) is 16.8. The first-order valence-corrected chi connectivity index (χ1v) is 7.59. The molecule has 2 rings (SSSR count). The summed E-state index contributed by atoms with van der Waals surface area (Å²) in [6.07, 6.45) is 1.71. The van der Waals surface area contributed by atoms with Crippen LogP contribution < -0.4 is 0 Å². The Morgan fingerprint density at radius 1 is 1.53 bits per heavy atom. The highest BCUT2D eigenvalue weighted by atomic mass is 32.2. The SMILES string of the molecule is CC(C)(C)c1cc(SCC(=O)O)n(-c2nccs2)n1. The van der Waals surface area contributed by atoms with Crippen LogP contribution in [0.15, 0.2) is 22.7 Å². The van der Waals surface area contributed by atoms with E-state index in [2.05, 4.69) is 30.9 Å². The number of carbonyl (C=O) groups is 1. The highest BCUT2D eigenvalue weighted by Crippen LogP contribution is 2.29. The molecule has 2 aromatic heterocycles. The lowest BCUT2D eigenvalue weighted by atomic mass is 9.93. The Bertz CT molecular complexity index is 570. The van der Waals surface area contributed by atoms with Gasteiger partial charge in [0, 0.05) is 17.0 Å². The van der Waals surface area contributed by atoms with E-state index in [4.69, 9.17) is 5.11 Å². The van der Waals surface area contributed by atoms with Crippen molar-refractivity contribution in [3.05, 3.63) is 23.3 Å². The quantitative estimate of drug-likeness (QED) is 0.879. The molecule has 2 aromatic rings. The van der Waals surface area contributed by atoms with Gasteiger partial charge in [-0.1, -0.05) is 32.5 Å². The number of hydrogen-bond donors (Lipinski definition) is 1. The van der Waals surface area contributed by atoms with Gasteiger partial charge < -0.3 is 5.11 Å². The van der Waals surface area contributed by atoms with Crippen LogP contribution in [0.25, 0.3) is 5.13 Å². The van der Waals surface area contributed by atoms with Crippen LogP contribution in [0.3, 0.4) is 0 Å². The molecule has 0 bridgehead atoms. The molecule has 0 atom stereocenters. The Hall–Kier alpha value is -1.34. The van der Waals surface area contributed by atoms with Crippen molar-refractivity contribution in [1.82, 2.24) is 14.8 Å². The van der Waals surface area contributed by atoms with E-state index in [1.165, 1.54) is 23.1 Å². The number of nitrogens with zero attached hydrogens (tertiary/aromatic N) is 3. The average Bonchev–Trinajstić information content (AvgIpc) is 2.94. The first kappa shape index (κ1) is 14.1. The molecule has 0 aromatic carbocycles. The Balaban J connectivity index is 2.39. The monoisotopic (exact) mass is 297 g/mol. The molecule has 2 heterocycles. The molecule has 0 radical (unpaired) electrons. The Morgan fingerprint density at radius 2 is 2.26 bits per heavy atom. The molecule has 0 saturated carbocycles. The first-order chi connectivity index (χ1) is 8.88. The summed E-state index contributed by atoms with van der Waals surface area (Å²) in [6, 6.07) is 1.94. The van der Waals surface area contributed by atoms with Crippen LogP contribution >= 0.6 is 23.1 Å². The highest BCUT2D eigenvalue weighted by molar-refractivity contribution is 7.99. The number of carboxylic acid groups (broad SMARTS) is 1. The maximum absolute atomic E-state index is 10.7. The Kier molecular flexibility index (Phi) is 3.96. The third-order valence-corrected chi connectivity index (χ3v) is 4.11. The number of aliphatic carboxylic acids is 1. The van der Waals surface area contributed by atoms with Gasteiger partial charge in [0.05, 0.1) is 11.4 Å². The minimum Gasteiger partial charge on any atom is -0.481 e. The molecule has 19 heavy (non-hydrogen) atoms. The summed E-state index contributed by atoms with van der Waals surface area (Å²) >= 11 is 2.73. The van der Waals surface area contributed by atoms with E-state index >= 15 is 0 Å². The smallest absolute Gasteiger partial charge is 0.313 e. The van der Waals surface area contributed by atoms with Gasteiger partial charge >= 0.3 is 5.97 Å². The first-order valence-electron chi connectivity index (χ1n) is 5.73. The third-order valence-electron chi connectivity index (χ3n) is 2.39. The van der Waals surface area contributed by atoms with Gasteiger partial charge in [0.2, 0.25) is 5.13 Å². The Morgan fingerprint density at radius 3 is 2.79 bits per heavy atom. The van der Waals surface area contributed by atoms with Crippen LogP contribution in [0.4, 0.5) is 0 Å². The van der Waals surface area contributed by atoms with E-state index in [0.717, 1.165) is 15.9 Å². The van der Waals surface area contributed by atoms with E-state index in [0.29, 0.717) is 0 Å². The molecular formula is C12H15N3O2S2. The van der Waals surface area contributed by atoms with Crippen molar-refractivity contribution in [1.29, 1.82) is 0 Å². The molecule has 5 nitrogen and oxygen atoms in total. The summed E-state index contributed by atoms with van der Waals surface area (Å²) in [5.41, 5.74) is 0.844. The van der Waals surface area contributed by atoms with Crippen LogP contribution in [-0.2, 0) is 10.2 Å². The second-order valence-corrected chi connectivity index (χ2v) is 6.90. The topological polar surface area (TPSA) is 68.0 Å². The lowest BCUT2D eigenvalue weighted by Crippen LogP contribution is -2.12. The zero-order valence-electron chi connectivity index (χ0n) is 11.0. The zero-order chi connectivity index (χ0) is 14.0. The molecule has 0 unspecified atom stereocenters. The molecule has 0 aliphatic heterocycles. The maximum Gasteiger partial charge on any atom is 0.313 e. The summed E-state index contributed by atoms with van der Waals surface area (Å²) in [7, 11) is 0. The predicted molar refractivity (Wildman–Crippen MR) is 76.3 cm³/mol. The highest BCUT2D eigenvalue weighted by Gasteiger charge is 2.21. The van der Waals surface area contributed by atoms with Crippen molar-refractivity contribution in [2.24, 2.45) is 0 Å². The molecule has 0 fully saturated rings. The van der Waals surface area contributed by atoms with Gasteiger partial charge in [0.15, 0.2) is 0 Å². The van der Waals surface area contributed by atoms with Gasteiger partial charge in [-0.05, 0) is 6.07 Å². The van der Waals surface area contributed by atoms with E-state index in [1.54, 1.807) is 10.9 Å². The molecule has 102 valence electrons. The molecule has 7 heteroatoms. The normalized spacial score (nSPS) is 11.7. The van der Waals surface area contributed by atoms with E-state index in [-0.39, 0.29) is 11.2 Å². The van der Waals surface area contributed by atoms with E-state index in [9.17, 15) is 4.79 Å². The molecule has 0 spiro atoms. The van der Waals surface area contributed by atoms with Gasteiger partial charge in [-0.15, -0.1) is 11.3 Å². The lowest BCUT2D eigenvalue weighted by molar-refractivity contribution is -0.133. The minimum atomic E-state index is -0.839. The van der Waals surface area contributed by atoms with Crippen molar-refractivity contribution in [3.63, 3.8) is 0 Å². The van der Waals surface area contributed by atoms with Crippen LogP contribution in [0.1, 0.15) is 26.5 Å². The van der Waals surface area contributed by atoms with Crippen LogP contribution in [0.2, 0.25) is 0 Å². The molecule has 0 aliphatic carbocycles. The Labute approximate surface area is 119 Å². The number of hydrogen-bond acceptors (Lipinski definition) is 5. The second-order valence-electron chi connectivity index (χ2n) is 5.03. The summed E-state index contributed by atoms with van der Waals surface area (Å²) in [6.45, 7) is 6.23. The third kappa shape index (κ3) is 3.36. The second kappa shape index (κ2) is 5.34. The van der Waals surface area contributed by atoms with Crippen LogP contribution in [0, 0.1) is 0 Å². The van der Waals surface area contributed by atoms with Crippen LogP contribution in [-0.4, -0.2) is 31.6 Å². The molecule has 0 aliphatic rings. The summed E-state index contributed by atoms with van der Waals surface area (Å²) in [5.74, 6) is -0.824. The number of thioether (sulfide) groups is 1. The van der Waals surface area contributed by atoms with Crippen molar-refractivity contribution in [3.8, 4) is 5.13 Å². The largest absolute Gasteiger partial charge is 0.481 e. The zero-order valence-corrected chi connectivity index (χ0v) is 12.6. The van der Waals surface area contributed by atoms with Crippen molar-refractivity contribution < 1.29 is 9.90 Å². The number of carboxylic acids is 1. The maximum atomic E-state index is 10.7. The van der Waals surface area contributed by atoms with Gasteiger partial charge in [0.1, 0.15) is 5.03 Å². The van der Waals surface area contributed by atoms with Gasteiger partial charge in [-0.2, -0.15) is 9.78 Å². The number of thiazole rings is 1. The lowest BCUT2D eigenvalue weighted by Gasteiger charge is -2.13. The summed E-state index contributed by atoms with van der Waals surface area (Å²) < 4.78 is 1.72. The van der Waals surface area contributed by atoms with Crippen LogP contribution in [0.5, 0.6) is 0 Å². The van der Waals surface area contributed by atoms with E-state index in [1.807, 2.05) is 11.4 Å². The average molecular weight is 297 g/mol. The molecular weight excluding hydrogens is 282 g/mol.